The molecule has 35 heavy (non-hydrogen) atoms. The van der Waals surface area contributed by atoms with E-state index in [1.165, 1.54) is 17.8 Å². The summed E-state index contributed by atoms with van der Waals surface area (Å²) in [6, 6.07) is 19.9. The molecule has 2 N–H and O–H groups in total. The van der Waals surface area contributed by atoms with Crippen LogP contribution in [0.25, 0.3) is 22.6 Å². The number of aromatic nitrogens is 2. The summed E-state index contributed by atoms with van der Waals surface area (Å²) < 4.78 is 18.6. The summed E-state index contributed by atoms with van der Waals surface area (Å²) in [5.41, 5.74) is 5.32. The Morgan fingerprint density at radius 2 is 1.74 bits per heavy atom. The molecule has 0 aliphatic carbocycles. The van der Waals surface area contributed by atoms with E-state index in [1.54, 1.807) is 0 Å². The quantitative estimate of drug-likeness (QED) is 0.384. The number of anilines is 1. The van der Waals surface area contributed by atoms with Crippen LogP contribution in [0.5, 0.6) is 0 Å². The lowest BCUT2D eigenvalue weighted by molar-refractivity contribution is 0.0951. The van der Waals surface area contributed by atoms with Crippen molar-refractivity contribution in [3.8, 4) is 22.6 Å². The monoisotopic (exact) mass is 490 g/mol. The maximum absolute atomic E-state index is 13.2. The number of benzene rings is 3. The molecule has 0 atom stereocenters. The maximum Gasteiger partial charge on any atom is 0.253 e. The van der Waals surface area contributed by atoms with Crippen molar-refractivity contribution < 1.29 is 13.9 Å². The van der Waals surface area contributed by atoms with Gasteiger partial charge in [0.25, 0.3) is 5.91 Å². The molecule has 1 amide bonds. The van der Waals surface area contributed by atoms with E-state index >= 15 is 0 Å². The first-order valence-electron chi connectivity index (χ1n) is 11.4. The molecule has 0 spiro atoms. The number of rotatable bonds is 6. The van der Waals surface area contributed by atoms with Crippen molar-refractivity contribution in [1.82, 2.24) is 15.3 Å². The lowest BCUT2D eigenvalue weighted by atomic mass is 10.1. The Morgan fingerprint density at radius 1 is 1.03 bits per heavy atom. The van der Waals surface area contributed by atoms with Gasteiger partial charge in [-0.15, -0.1) is 0 Å². The van der Waals surface area contributed by atoms with Crippen molar-refractivity contribution in [2.24, 2.45) is 0 Å². The second-order valence-corrected chi connectivity index (χ2v) is 8.70. The molecule has 6 nitrogen and oxygen atoms in total. The highest BCUT2D eigenvalue weighted by molar-refractivity contribution is 6.33. The minimum absolute atomic E-state index is 0.0854. The van der Waals surface area contributed by atoms with Gasteiger partial charge in [0.1, 0.15) is 11.6 Å². The molecule has 0 bridgehead atoms. The van der Waals surface area contributed by atoms with Gasteiger partial charge < -0.3 is 19.9 Å². The lowest BCUT2D eigenvalue weighted by Gasteiger charge is -2.28. The predicted molar refractivity (Wildman–Crippen MR) is 135 cm³/mol. The van der Waals surface area contributed by atoms with Gasteiger partial charge in [-0.1, -0.05) is 48.0 Å². The van der Waals surface area contributed by atoms with E-state index in [9.17, 15) is 9.18 Å². The molecule has 4 aromatic rings. The molecule has 0 unspecified atom stereocenters. The summed E-state index contributed by atoms with van der Waals surface area (Å²) in [5.74, 6) is -0.0615. The zero-order valence-electron chi connectivity index (χ0n) is 18.9. The van der Waals surface area contributed by atoms with Gasteiger partial charge in [-0.05, 0) is 41.5 Å². The third-order valence-corrected chi connectivity index (χ3v) is 6.30. The molecule has 3 aromatic carbocycles. The van der Waals surface area contributed by atoms with Crippen molar-refractivity contribution >= 4 is 23.2 Å². The number of aromatic amines is 1. The summed E-state index contributed by atoms with van der Waals surface area (Å²) >= 11 is 5.97. The summed E-state index contributed by atoms with van der Waals surface area (Å²) in [7, 11) is 0. The van der Waals surface area contributed by atoms with Gasteiger partial charge >= 0.3 is 0 Å². The van der Waals surface area contributed by atoms with Crippen molar-refractivity contribution in [3.05, 3.63) is 94.9 Å². The second kappa shape index (κ2) is 10.3. The van der Waals surface area contributed by atoms with Gasteiger partial charge in [0.15, 0.2) is 0 Å². The Kier molecular flexibility index (Phi) is 6.79. The van der Waals surface area contributed by atoms with Crippen molar-refractivity contribution in [2.45, 2.75) is 6.54 Å². The van der Waals surface area contributed by atoms with Crippen LogP contribution < -0.4 is 10.2 Å². The van der Waals surface area contributed by atoms with Crippen LogP contribution in [0.4, 0.5) is 10.1 Å². The number of hydrogen-bond donors (Lipinski definition) is 2. The normalized spacial score (nSPS) is 13.6. The average molecular weight is 491 g/mol. The van der Waals surface area contributed by atoms with E-state index < -0.39 is 5.82 Å². The SMILES string of the molecule is O=C(NCc1ccc(-c2ncc(-c3ccc(N4CCOCC4)cc3)[nH]2)cc1)c1ccc(F)cc1Cl. The van der Waals surface area contributed by atoms with E-state index in [4.69, 9.17) is 16.3 Å². The molecule has 2 heterocycles. The van der Waals surface area contributed by atoms with Gasteiger partial charge in [-0.3, -0.25) is 4.79 Å². The number of halogens is 2. The topological polar surface area (TPSA) is 70.2 Å². The van der Waals surface area contributed by atoms with Gasteiger partial charge in [0, 0.05) is 30.9 Å². The first-order valence-corrected chi connectivity index (χ1v) is 11.8. The molecule has 178 valence electrons. The predicted octanol–water partition coefficient (Wildman–Crippen LogP) is 5.30. The average Bonchev–Trinajstić information content (AvgIpc) is 3.39. The molecule has 1 aromatic heterocycles. The Bertz CT molecular complexity index is 1320. The highest BCUT2D eigenvalue weighted by atomic mass is 35.5. The minimum atomic E-state index is -0.478. The fourth-order valence-corrected chi connectivity index (χ4v) is 4.27. The van der Waals surface area contributed by atoms with Gasteiger partial charge in [-0.25, -0.2) is 9.37 Å². The van der Waals surface area contributed by atoms with Crippen LogP contribution in [0.3, 0.4) is 0 Å². The molecular weight excluding hydrogens is 467 g/mol. The van der Waals surface area contributed by atoms with Crippen LogP contribution >= 0.6 is 11.6 Å². The molecule has 0 saturated carbocycles. The third-order valence-electron chi connectivity index (χ3n) is 5.99. The molecule has 5 rings (SSSR count). The smallest absolute Gasteiger partial charge is 0.253 e. The Balaban J connectivity index is 1.21. The Labute approximate surface area is 207 Å². The number of hydrogen-bond acceptors (Lipinski definition) is 4. The Morgan fingerprint density at radius 3 is 2.46 bits per heavy atom. The standard InChI is InChI=1S/C27H24ClFN4O2/c28-24-15-21(29)7-10-23(24)27(34)31-16-18-1-3-20(4-2-18)26-30-17-25(32-26)19-5-8-22(9-6-19)33-11-13-35-14-12-33/h1-10,15,17H,11-14,16H2,(H,30,32)(H,31,34). The number of morpholine rings is 1. The number of H-pyrrole nitrogens is 1. The third kappa shape index (κ3) is 5.37. The number of carbonyl (C=O) groups is 1. The summed E-state index contributed by atoms with van der Waals surface area (Å²) in [6.07, 6.45) is 1.83. The van der Waals surface area contributed by atoms with E-state index in [0.717, 1.165) is 60.6 Å². The number of imidazole rings is 1. The number of amides is 1. The molecule has 0 radical (unpaired) electrons. The summed E-state index contributed by atoms with van der Waals surface area (Å²) in [6.45, 7) is 3.67. The van der Waals surface area contributed by atoms with Gasteiger partial charge in [0.2, 0.25) is 0 Å². The number of carbonyl (C=O) groups excluding carboxylic acids is 1. The summed E-state index contributed by atoms with van der Waals surface area (Å²) in [5, 5.41) is 2.89. The van der Waals surface area contributed by atoms with E-state index in [0.29, 0.717) is 6.54 Å². The number of nitrogens with zero attached hydrogens (tertiary/aromatic N) is 2. The second-order valence-electron chi connectivity index (χ2n) is 8.30. The van der Waals surface area contributed by atoms with Crippen molar-refractivity contribution in [1.29, 1.82) is 0 Å². The van der Waals surface area contributed by atoms with E-state index in [2.05, 4.69) is 44.5 Å². The molecule has 1 fully saturated rings. The van der Waals surface area contributed by atoms with Crippen LogP contribution in [0, 0.1) is 5.82 Å². The maximum atomic E-state index is 13.2. The largest absolute Gasteiger partial charge is 0.378 e. The van der Waals surface area contributed by atoms with Crippen LogP contribution in [0.15, 0.2) is 72.9 Å². The molecule has 1 saturated heterocycles. The van der Waals surface area contributed by atoms with E-state index in [1.807, 2.05) is 30.5 Å². The first-order chi connectivity index (χ1) is 17.1. The highest BCUT2D eigenvalue weighted by Crippen LogP contribution is 2.25. The Hall–Kier alpha value is -3.68. The number of ether oxygens (including phenoxy) is 1. The zero-order chi connectivity index (χ0) is 24.2. The van der Waals surface area contributed by atoms with Gasteiger partial charge in [-0.2, -0.15) is 0 Å². The van der Waals surface area contributed by atoms with Crippen LogP contribution in [-0.2, 0) is 11.3 Å². The fourth-order valence-electron chi connectivity index (χ4n) is 4.02. The lowest BCUT2D eigenvalue weighted by Crippen LogP contribution is -2.36. The highest BCUT2D eigenvalue weighted by Gasteiger charge is 2.13. The molecule has 1 aliphatic heterocycles. The number of nitrogens with one attached hydrogen (secondary N) is 2. The summed E-state index contributed by atoms with van der Waals surface area (Å²) in [4.78, 5) is 22.6. The van der Waals surface area contributed by atoms with Gasteiger partial charge in [0.05, 0.1) is 35.7 Å². The van der Waals surface area contributed by atoms with Crippen molar-refractivity contribution in [3.63, 3.8) is 0 Å². The van der Waals surface area contributed by atoms with E-state index in [-0.39, 0.29) is 16.5 Å². The minimum Gasteiger partial charge on any atom is -0.378 e. The molecular formula is C27H24ClFN4O2. The fraction of sp³-hybridized carbons (Fsp3) is 0.185. The molecule has 8 heteroatoms. The van der Waals surface area contributed by atoms with Crippen LogP contribution in [0.1, 0.15) is 15.9 Å². The first kappa shape index (κ1) is 23.1. The molecule has 1 aliphatic rings. The van der Waals surface area contributed by atoms with Crippen LogP contribution in [0.2, 0.25) is 5.02 Å². The zero-order valence-corrected chi connectivity index (χ0v) is 19.7. The van der Waals surface area contributed by atoms with Crippen molar-refractivity contribution in [2.75, 3.05) is 31.2 Å². The van der Waals surface area contributed by atoms with Crippen LogP contribution in [-0.4, -0.2) is 42.2 Å².